The van der Waals surface area contributed by atoms with E-state index >= 15 is 0 Å². The minimum Gasteiger partial charge on any atom is -0.366 e. The fourth-order valence-electron chi connectivity index (χ4n) is 1.64. The minimum atomic E-state index is -4.43. The number of nitrogens with one attached hydrogen (secondary N) is 1. The van der Waals surface area contributed by atoms with E-state index in [1.165, 1.54) is 24.3 Å². The number of nitro groups is 1. The largest absolute Gasteiger partial charge is 0.417 e. The number of hydrogen-bond acceptors (Lipinski definition) is 4. The SMILES string of the molecule is O=[N+]([O-])c1cccc(CNc2ccc(C(F)(F)F)cn2)c1. The lowest BCUT2D eigenvalue weighted by atomic mass is 10.2. The topological polar surface area (TPSA) is 68.1 Å². The number of hydrogen-bond donors (Lipinski definition) is 1. The van der Waals surface area contributed by atoms with E-state index in [0.29, 0.717) is 5.56 Å². The van der Waals surface area contributed by atoms with Gasteiger partial charge in [-0.1, -0.05) is 12.1 Å². The van der Waals surface area contributed by atoms with Gasteiger partial charge >= 0.3 is 6.18 Å². The van der Waals surface area contributed by atoms with E-state index in [-0.39, 0.29) is 18.1 Å². The maximum Gasteiger partial charge on any atom is 0.417 e. The molecular weight excluding hydrogens is 287 g/mol. The summed E-state index contributed by atoms with van der Waals surface area (Å²) in [7, 11) is 0. The summed E-state index contributed by atoms with van der Waals surface area (Å²) >= 11 is 0. The first kappa shape index (κ1) is 14.8. The number of non-ortho nitro benzene ring substituents is 1. The molecule has 2 aromatic rings. The number of anilines is 1. The molecule has 1 heterocycles. The highest BCUT2D eigenvalue weighted by molar-refractivity contribution is 5.40. The number of alkyl halides is 3. The first-order chi connectivity index (χ1) is 9.86. The van der Waals surface area contributed by atoms with Gasteiger partial charge in [0.25, 0.3) is 5.69 Å². The molecule has 1 aromatic carbocycles. The second-order valence-corrected chi connectivity index (χ2v) is 4.21. The zero-order valence-corrected chi connectivity index (χ0v) is 10.6. The van der Waals surface area contributed by atoms with Crippen molar-refractivity contribution < 1.29 is 18.1 Å². The number of nitrogens with zero attached hydrogens (tertiary/aromatic N) is 2. The van der Waals surface area contributed by atoms with Crippen LogP contribution in [0.25, 0.3) is 0 Å². The van der Waals surface area contributed by atoms with Crippen LogP contribution in [0.1, 0.15) is 11.1 Å². The van der Waals surface area contributed by atoms with E-state index < -0.39 is 16.7 Å². The van der Waals surface area contributed by atoms with Crippen LogP contribution >= 0.6 is 0 Å². The highest BCUT2D eigenvalue weighted by Crippen LogP contribution is 2.28. The summed E-state index contributed by atoms with van der Waals surface area (Å²) in [4.78, 5) is 13.8. The third kappa shape index (κ3) is 3.91. The van der Waals surface area contributed by atoms with Crippen molar-refractivity contribution in [2.45, 2.75) is 12.7 Å². The molecular formula is C13H10F3N3O2. The monoisotopic (exact) mass is 297 g/mol. The smallest absolute Gasteiger partial charge is 0.366 e. The Morgan fingerprint density at radius 1 is 1.24 bits per heavy atom. The van der Waals surface area contributed by atoms with Gasteiger partial charge in [0.15, 0.2) is 0 Å². The molecule has 5 nitrogen and oxygen atoms in total. The zero-order valence-electron chi connectivity index (χ0n) is 10.6. The van der Waals surface area contributed by atoms with Crippen molar-refractivity contribution in [2.24, 2.45) is 0 Å². The van der Waals surface area contributed by atoms with Crippen molar-refractivity contribution in [3.63, 3.8) is 0 Å². The van der Waals surface area contributed by atoms with E-state index in [0.717, 1.165) is 12.3 Å². The first-order valence-corrected chi connectivity index (χ1v) is 5.87. The van der Waals surface area contributed by atoms with Gasteiger partial charge in [-0.25, -0.2) is 4.98 Å². The van der Waals surface area contributed by atoms with Crippen molar-refractivity contribution in [1.29, 1.82) is 0 Å². The molecule has 1 aromatic heterocycles. The molecule has 0 aliphatic rings. The molecule has 0 unspecified atom stereocenters. The maximum absolute atomic E-state index is 12.4. The van der Waals surface area contributed by atoms with Crippen molar-refractivity contribution in [3.05, 3.63) is 63.8 Å². The van der Waals surface area contributed by atoms with Crippen LogP contribution < -0.4 is 5.32 Å². The number of nitro benzene ring substituents is 1. The van der Waals surface area contributed by atoms with Crippen molar-refractivity contribution in [3.8, 4) is 0 Å². The molecule has 0 fully saturated rings. The van der Waals surface area contributed by atoms with Gasteiger partial charge in [0.05, 0.1) is 10.5 Å². The third-order valence-electron chi connectivity index (χ3n) is 2.69. The molecule has 0 saturated carbocycles. The average molecular weight is 297 g/mol. The fourth-order valence-corrected chi connectivity index (χ4v) is 1.64. The molecule has 110 valence electrons. The van der Waals surface area contributed by atoms with Crippen LogP contribution in [0.2, 0.25) is 0 Å². The van der Waals surface area contributed by atoms with Crippen molar-refractivity contribution in [2.75, 3.05) is 5.32 Å². The molecule has 0 atom stereocenters. The molecule has 21 heavy (non-hydrogen) atoms. The first-order valence-electron chi connectivity index (χ1n) is 5.87. The molecule has 8 heteroatoms. The van der Waals surface area contributed by atoms with Gasteiger partial charge in [-0.2, -0.15) is 13.2 Å². The summed E-state index contributed by atoms with van der Waals surface area (Å²) in [5.74, 6) is 0.259. The number of rotatable bonds is 4. The van der Waals surface area contributed by atoms with E-state index in [2.05, 4.69) is 10.3 Å². The summed E-state index contributed by atoms with van der Waals surface area (Å²) in [5, 5.41) is 13.4. The molecule has 0 amide bonds. The third-order valence-corrected chi connectivity index (χ3v) is 2.69. The second-order valence-electron chi connectivity index (χ2n) is 4.21. The zero-order chi connectivity index (χ0) is 15.5. The van der Waals surface area contributed by atoms with E-state index in [4.69, 9.17) is 0 Å². The lowest BCUT2D eigenvalue weighted by Gasteiger charge is -2.08. The Kier molecular flexibility index (Phi) is 4.06. The Bertz CT molecular complexity index is 642. The van der Waals surface area contributed by atoms with E-state index in [9.17, 15) is 23.3 Å². The number of pyridine rings is 1. The van der Waals surface area contributed by atoms with Gasteiger partial charge in [-0.15, -0.1) is 0 Å². The minimum absolute atomic E-state index is 0.0466. The lowest BCUT2D eigenvalue weighted by Crippen LogP contribution is -2.07. The summed E-state index contributed by atoms with van der Waals surface area (Å²) in [6, 6.07) is 8.08. The Labute approximate surface area is 117 Å². The molecule has 1 N–H and O–H groups in total. The predicted molar refractivity (Wildman–Crippen MR) is 69.7 cm³/mol. The summed E-state index contributed by atoms with van der Waals surface area (Å²) in [6.45, 7) is 0.222. The Balaban J connectivity index is 2.03. The molecule has 2 rings (SSSR count). The Hall–Kier alpha value is -2.64. The molecule has 0 spiro atoms. The maximum atomic E-state index is 12.4. The highest BCUT2D eigenvalue weighted by atomic mass is 19.4. The van der Waals surface area contributed by atoms with Crippen molar-refractivity contribution in [1.82, 2.24) is 4.98 Å². The number of aromatic nitrogens is 1. The lowest BCUT2D eigenvalue weighted by molar-refractivity contribution is -0.384. The van der Waals surface area contributed by atoms with Crippen LogP contribution in [0.15, 0.2) is 42.6 Å². The van der Waals surface area contributed by atoms with E-state index in [1.54, 1.807) is 6.07 Å². The molecule has 0 aliphatic carbocycles. The second kappa shape index (κ2) is 5.78. The molecule has 0 bridgehead atoms. The summed E-state index contributed by atoms with van der Waals surface area (Å²) < 4.78 is 37.1. The number of benzene rings is 1. The van der Waals surface area contributed by atoms with Crippen LogP contribution in [0.5, 0.6) is 0 Å². The van der Waals surface area contributed by atoms with Gasteiger partial charge in [0.1, 0.15) is 5.82 Å². The van der Waals surface area contributed by atoms with Gasteiger partial charge in [-0.3, -0.25) is 10.1 Å². The average Bonchev–Trinajstić information content (AvgIpc) is 2.45. The molecule has 0 radical (unpaired) electrons. The fraction of sp³-hybridized carbons (Fsp3) is 0.154. The normalized spacial score (nSPS) is 11.2. The van der Waals surface area contributed by atoms with Crippen LogP contribution in [0.3, 0.4) is 0 Å². The van der Waals surface area contributed by atoms with Crippen LogP contribution in [0.4, 0.5) is 24.7 Å². The van der Waals surface area contributed by atoms with Gasteiger partial charge in [0.2, 0.25) is 0 Å². The highest BCUT2D eigenvalue weighted by Gasteiger charge is 2.30. The number of halogens is 3. The van der Waals surface area contributed by atoms with Gasteiger partial charge < -0.3 is 5.32 Å². The molecule has 0 aliphatic heterocycles. The van der Waals surface area contributed by atoms with Gasteiger partial charge in [0, 0.05) is 24.9 Å². The quantitative estimate of drug-likeness (QED) is 0.691. The Morgan fingerprint density at radius 2 is 2.00 bits per heavy atom. The molecule has 0 saturated heterocycles. The van der Waals surface area contributed by atoms with E-state index in [1.807, 2.05) is 0 Å². The Morgan fingerprint density at radius 3 is 2.57 bits per heavy atom. The summed E-state index contributed by atoms with van der Waals surface area (Å²) in [6.07, 6.45) is -3.69. The predicted octanol–water partition coefficient (Wildman–Crippen LogP) is 3.62. The van der Waals surface area contributed by atoms with Crippen molar-refractivity contribution >= 4 is 11.5 Å². The van der Waals surface area contributed by atoms with Gasteiger partial charge in [-0.05, 0) is 17.7 Å². The standard InChI is InChI=1S/C13H10F3N3O2/c14-13(15,16)10-4-5-12(18-8-10)17-7-9-2-1-3-11(6-9)19(20)21/h1-6,8H,7H2,(H,17,18). The summed E-state index contributed by atoms with van der Waals surface area (Å²) in [5.41, 5.74) is -0.246. The van der Waals surface area contributed by atoms with Crippen LogP contribution in [-0.2, 0) is 12.7 Å². The van der Waals surface area contributed by atoms with Crippen LogP contribution in [0, 0.1) is 10.1 Å². The van der Waals surface area contributed by atoms with Crippen LogP contribution in [-0.4, -0.2) is 9.91 Å².